The molecule has 0 fully saturated rings. The first kappa shape index (κ1) is 26.9. The molecular formula is C24H32N2O8. The fourth-order valence-corrected chi connectivity index (χ4v) is 3.12. The van der Waals surface area contributed by atoms with Crippen LogP contribution in [0.3, 0.4) is 0 Å². The Balaban J connectivity index is 2.05. The zero-order valence-electron chi connectivity index (χ0n) is 19.9. The summed E-state index contributed by atoms with van der Waals surface area (Å²) >= 11 is 0. The van der Waals surface area contributed by atoms with Crippen molar-refractivity contribution in [1.82, 2.24) is 10.3 Å². The molecule has 0 bridgehead atoms. The molecule has 0 unspecified atom stereocenters. The van der Waals surface area contributed by atoms with Gasteiger partial charge in [-0.1, -0.05) is 25.1 Å². The SMILES string of the molecule is CCCO[C@@H](COC)[C@@H](Oc1ccccc1)[C@H](C)OC(=O)CNC(=O)c1nccc(OC)c1O. The molecule has 2 aromatic rings. The van der Waals surface area contributed by atoms with Crippen molar-refractivity contribution >= 4 is 11.9 Å². The van der Waals surface area contributed by atoms with E-state index in [1.165, 1.54) is 19.4 Å². The van der Waals surface area contributed by atoms with E-state index in [1.807, 2.05) is 25.1 Å². The van der Waals surface area contributed by atoms with Crippen molar-refractivity contribution < 1.29 is 38.4 Å². The summed E-state index contributed by atoms with van der Waals surface area (Å²) in [4.78, 5) is 28.7. The van der Waals surface area contributed by atoms with Gasteiger partial charge in [0.1, 0.15) is 24.5 Å². The molecule has 186 valence electrons. The van der Waals surface area contributed by atoms with Crippen LogP contribution in [-0.4, -0.2) is 74.3 Å². The number of para-hydroxylation sites is 1. The van der Waals surface area contributed by atoms with E-state index in [1.54, 1.807) is 26.2 Å². The van der Waals surface area contributed by atoms with Crippen molar-refractivity contribution in [2.45, 2.75) is 38.6 Å². The first-order valence-corrected chi connectivity index (χ1v) is 10.9. The van der Waals surface area contributed by atoms with E-state index in [9.17, 15) is 14.7 Å². The molecule has 0 aliphatic carbocycles. The molecule has 10 heteroatoms. The first-order valence-electron chi connectivity index (χ1n) is 10.9. The Hall–Kier alpha value is -3.37. The molecule has 0 spiro atoms. The number of hydrogen-bond acceptors (Lipinski definition) is 9. The number of nitrogens with one attached hydrogen (secondary N) is 1. The van der Waals surface area contributed by atoms with Gasteiger partial charge in [-0.25, -0.2) is 4.98 Å². The molecule has 3 atom stereocenters. The van der Waals surface area contributed by atoms with Crippen LogP contribution in [0.1, 0.15) is 30.8 Å². The van der Waals surface area contributed by atoms with Crippen LogP contribution in [0.5, 0.6) is 17.2 Å². The molecule has 1 aromatic heterocycles. The minimum atomic E-state index is -0.748. The largest absolute Gasteiger partial charge is 0.503 e. The second-order valence-electron chi connectivity index (χ2n) is 7.35. The number of hydrogen-bond donors (Lipinski definition) is 2. The Morgan fingerprint density at radius 1 is 1.15 bits per heavy atom. The second-order valence-corrected chi connectivity index (χ2v) is 7.35. The fraction of sp³-hybridized carbons (Fsp3) is 0.458. The van der Waals surface area contributed by atoms with E-state index in [0.29, 0.717) is 12.4 Å². The molecule has 1 aromatic carbocycles. The smallest absolute Gasteiger partial charge is 0.325 e. The number of benzene rings is 1. The van der Waals surface area contributed by atoms with Gasteiger partial charge < -0.3 is 34.1 Å². The maximum absolute atomic E-state index is 12.5. The van der Waals surface area contributed by atoms with Gasteiger partial charge in [-0.05, 0) is 25.5 Å². The Bertz CT molecular complexity index is 909. The first-order chi connectivity index (χ1) is 16.4. The minimum Gasteiger partial charge on any atom is -0.503 e. The molecule has 1 amide bonds. The number of carbonyl (C=O) groups excluding carboxylic acids is 2. The molecule has 34 heavy (non-hydrogen) atoms. The molecule has 0 saturated carbocycles. The summed E-state index contributed by atoms with van der Waals surface area (Å²) < 4.78 is 27.8. The molecule has 10 nitrogen and oxygen atoms in total. The van der Waals surface area contributed by atoms with Gasteiger partial charge in [0.15, 0.2) is 23.3 Å². The highest BCUT2D eigenvalue weighted by Gasteiger charge is 2.32. The van der Waals surface area contributed by atoms with Crippen LogP contribution in [-0.2, 0) is 19.0 Å². The third-order valence-corrected chi connectivity index (χ3v) is 4.74. The Kier molecular flexibility index (Phi) is 11.1. The highest BCUT2D eigenvalue weighted by Crippen LogP contribution is 2.27. The minimum absolute atomic E-state index is 0.0912. The van der Waals surface area contributed by atoms with E-state index < -0.39 is 42.5 Å². The predicted molar refractivity (Wildman–Crippen MR) is 123 cm³/mol. The summed E-state index contributed by atoms with van der Waals surface area (Å²) in [7, 11) is 2.90. The third-order valence-electron chi connectivity index (χ3n) is 4.74. The average Bonchev–Trinajstić information content (AvgIpc) is 2.84. The number of carbonyl (C=O) groups is 2. The van der Waals surface area contributed by atoms with E-state index in [0.717, 1.165) is 6.42 Å². The number of amides is 1. The van der Waals surface area contributed by atoms with Crippen LogP contribution in [0.2, 0.25) is 0 Å². The topological polar surface area (TPSA) is 125 Å². The predicted octanol–water partition coefficient (Wildman–Crippen LogP) is 2.35. The Morgan fingerprint density at radius 2 is 1.88 bits per heavy atom. The van der Waals surface area contributed by atoms with Crippen LogP contribution < -0.4 is 14.8 Å². The van der Waals surface area contributed by atoms with Crippen molar-refractivity contribution in [3.8, 4) is 17.2 Å². The van der Waals surface area contributed by atoms with Crippen LogP contribution in [0.4, 0.5) is 0 Å². The average molecular weight is 477 g/mol. The van der Waals surface area contributed by atoms with Gasteiger partial charge in [0.2, 0.25) is 0 Å². The molecule has 0 aliphatic heterocycles. The zero-order chi connectivity index (χ0) is 24.9. The third kappa shape index (κ3) is 7.89. The summed E-state index contributed by atoms with van der Waals surface area (Å²) in [5.41, 5.74) is -0.265. The number of methoxy groups -OCH3 is 2. The Morgan fingerprint density at radius 3 is 2.53 bits per heavy atom. The maximum Gasteiger partial charge on any atom is 0.325 e. The van der Waals surface area contributed by atoms with Gasteiger partial charge in [0.25, 0.3) is 5.91 Å². The quantitative estimate of drug-likeness (QED) is 0.395. The summed E-state index contributed by atoms with van der Waals surface area (Å²) in [6.45, 7) is 3.94. The van der Waals surface area contributed by atoms with Crippen molar-refractivity contribution in [1.29, 1.82) is 0 Å². The highest BCUT2D eigenvalue weighted by atomic mass is 16.6. The van der Waals surface area contributed by atoms with Gasteiger partial charge in [0.05, 0.1) is 13.7 Å². The number of pyridine rings is 1. The number of aromatic nitrogens is 1. The monoisotopic (exact) mass is 476 g/mol. The number of nitrogens with zero attached hydrogens (tertiary/aromatic N) is 1. The summed E-state index contributed by atoms with van der Waals surface area (Å²) in [5, 5.41) is 12.4. The van der Waals surface area contributed by atoms with E-state index >= 15 is 0 Å². The summed E-state index contributed by atoms with van der Waals surface area (Å²) in [6.07, 6.45) is 0.206. The number of rotatable bonds is 14. The van der Waals surface area contributed by atoms with Gasteiger partial charge in [-0.3, -0.25) is 9.59 Å². The van der Waals surface area contributed by atoms with Crippen molar-refractivity contribution in [2.24, 2.45) is 0 Å². The van der Waals surface area contributed by atoms with Crippen molar-refractivity contribution in [3.05, 3.63) is 48.3 Å². The van der Waals surface area contributed by atoms with E-state index in [4.69, 9.17) is 23.7 Å². The molecule has 1 heterocycles. The lowest BCUT2D eigenvalue weighted by Crippen LogP contribution is -2.47. The highest BCUT2D eigenvalue weighted by molar-refractivity contribution is 5.97. The van der Waals surface area contributed by atoms with E-state index in [2.05, 4.69) is 10.3 Å². The lowest BCUT2D eigenvalue weighted by Gasteiger charge is -2.31. The molecule has 0 radical (unpaired) electrons. The lowest BCUT2D eigenvalue weighted by molar-refractivity contribution is -0.159. The molecule has 0 aliphatic rings. The van der Waals surface area contributed by atoms with Gasteiger partial charge in [0, 0.05) is 26.0 Å². The van der Waals surface area contributed by atoms with Crippen molar-refractivity contribution in [3.63, 3.8) is 0 Å². The lowest BCUT2D eigenvalue weighted by atomic mass is 10.1. The van der Waals surface area contributed by atoms with Crippen LogP contribution >= 0.6 is 0 Å². The van der Waals surface area contributed by atoms with Gasteiger partial charge >= 0.3 is 5.97 Å². The zero-order valence-corrected chi connectivity index (χ0v) is 19.9. The van der Waals surface area contributed by atoms with Crippen LogP contribution in [0.15, 0.2) is 42.6 Å². The molecular weight excluding hydrogens is 444 g/mol. The van der Waals surface area contributed by atoms with Crippen molar-refractivity contribution in [2.75, 3.05) is 34.0 Å². The maximum atomic E-state index is 12.5. The van der Waals surface area contributed by atoms with Crippen LogP contribution in [0, 0.1) is 0 Å². The Labute approximate surface area is 199 Å². The number of ether oxygens (including phenoxy) is 5. The van der Waals surface area contributed by atoms with Crippen LogP contribution in [0.25, 0.3) is 0 Å². The van der Waals surface area contributed by atoms with E-state index in [-0.39, 0.29) is 18.1 Å². The summed E-state index contributed by atoms with van der Waals surface area (Å²) in [6, 6.07) is 10.5. The normalized spacial score (nSPS) is 13.4. The number of aromatic hydroxyl groups is 1. The molecule has 2 rings (SSSR count). The molecule has 0 saturated heterocycles. The summed E-state index contributed by atoms with van der Waals surface area (Å²) in [5.74, 6) is -1.19. The standard InChI is InChI=1S/C24H32N2O8/c1-5-13-32-19(15-30-3)23(34-17-9-7-6-8-10-17)16(2)33-20(27)14-26-24(29)21-22(28)18(31-4)11-12-25-21/h6-12,16,19,23,28H,5,13-15H2,1-4H3,(H,26,29)/t16-,19-,23-/m0/s1. The fourth-order valence-electron chi connectivity index (χ4n) is 3.12. The van der Waals surface area contributed by atoms with Gasteiger partial charge in [-0.2, -0.15) is 0 Å². The number of esters is 1. The van der Waals surface area contributed by atoms with Gasteiger partial charge in [-0.15, -0.1) is 0 Å². The molecule has 2 N–H and O–H groups in total. The second kappa shape index (κ2) is 14.0.